The van der Waals surface area contributed by atoms with Crippen LogP contribution in [0.25, 0.3) is 0 Å². The minimum absolute atomic E-state index is 0.121. The number of nitrogens with one attached hydrogen (secondary N) is 3. The van der Waals surface area contributed by atoms with Crippen LogP contribution in [0.15, 0.2) is 34.2 Å². The summed E-state index contributed by atoms with van der Waals surface area (Å²) in [5.41, 5.74) is 0.236. The van der Waals surface area contributed by atoms with E-state index in [-0.39, 0.29) is 23.7 Å². The summed E-state index contributed by atoms with van der Waals surface area (Å²) in [6.07, 6.45) is -0.121. The molecule has 0 saturated heterocycles. The van der Waals surface area contributed by atoms with Crippen molar-refractivity contribution >= 4 is 46.7 Å². The summed E-state index contributed by atoms with van der Waals surface area (Å²) in [7, 11) is 0. The van der Waals surface area contributed by atoms with Crippen LogP contribution in [0.2, 0.25) is 5.02 Å². The van der Waals surface area contributed by atoms with Gasteiger partial charge in [-0.05, 0) is 24.0 Å². The van der Waals surface area contributed by atoms with Crippen molar-refractivity contribution in [2.45, 2.75) is 24.4 Å². The lowest BCUT2D eigenvalue weighted by molar-refractivity contribution is -0.123. The van der Waals surface area contributed by atoms with E-state index in [1.807, 2.05) is 6.92 Å². The van der Waals surface area contributed by atoms with Gasteiger partial charge in [-0.1, -0.05) is 36.4 Å². The van der Waals surface area contributed by atoms with E-state index in [9.17, 15) is 14.4 Å². The molecule has 0 spiro atoms. The second-order valence-electron chi connectivity index (χ2n) is 5.37. The molecule has 130 valence electrons. The number of anilines is 2. The SMILES string of the molecule is CCSc1nc2c(c(=O)[nH]1)C(C(=O)Nc1cccc(Cl)c1)CC(=O)N2. The fraction of sp³-hybridized carbons (Fsp3) is 0.250. The number of benzene rings is 1. The maximum Gasteiger partial charge on any atom is 0.257 e. The Balaban J connectivity index is 1.94. The topological polar surface area (TPSA) is 104 Å². The van der Waals surface area contributed by atoms with Gasteiger partial charge in [0.25, 0.3) is 5.56 Å². The highest BCUT2D eigenvalue weighted by Gasteiger charge is 2.34. The summed E-state index contributed by atoms with van der Waals surface area (Å²) in [6.45, 7) is 1.92. The number of amides is 2. The lowest BCUT2D eigenvalue weighted by Crippen LogP contribution is -2.36. The molecule has 7 nitrogen and oxygen atoms in total. The standard InChI is InChI=1S/C16H15ClN4O3S/c1-2-25-16-20-13-12(15(24)21-16)10(7-11(22)19-13)14(23)18-9-5-3-4-8(17)6-9/h3-6,10H,2,7H2,1H3,(H,18,23)(H2,19,20,21,22,24). The van der Waals surface area contributed by atoms with E-state index in [1.165, 1.54) is 11.8 Å². The molecular formula is C16H15ClN4O3S. The Morgan fingerprint density at radius 3 is 2.96 bits per heavy atom. The molecule has 1 aliphatic heterocycles. The van der Waals surface area contributed by atoms with Crippen LogP contribution in [0, 0.1) is 0 Å². The number of halogens is 1. The molecule has 0 bridgehead atoms. The van der Waals surface area contributed by atoms with Crippen molar-refractivity contribution in [3.63, 3.8) is 0 Å². The third-order valence-corrected chi connectivity index (χ3v) is 4.61. The summed E-state index contributed by atoms with van der Waals surface area (Å²) < 4.78 is 0. The number of carbonyl (C=O) groups is 2. The van der Waals surface area contributed by atoms with Crippen LogP contribution < -0.4 is 16.2 Å². The monoisotopic (exact) mass is 378 g/mol. The van der Waals surface area contributed by atoms with E-state index in [2.05, 4.69) is 20.6 Å². The van der Waals surface area contributed by atoms with E-state index in [0.29, 0.717) is 21.6 Å². The molecule has 2 amide bonds. The van der Waals surface area contributed by atoms with Crippen LogP contribution in [0.4, 0.5) is 11.5 Å². The van der Waals surface area contributed by atoms with Crippen molar-refractivity contribution in [3.05, 3.63) is 45.2 Å². The molecule has 0 saturated carbocycles. The smallest absolute Gasteiger partial charge is 0.257 e. The summed E-state index contributed by atoms with van der Waals surface area (Å²) in [5.74, 6) is -0.873. The molecule has 25 heavy (non-hydrogen) atoms. The average Bonchev–Trinajstić information content (AvgIpc) is 2.54. The van der Waals surface area contributed by atoms with Crippen LogP contribution in [0.1, 0.15) is 24.8 Å². The zero-order chi connectivity index (χ0) is 18.0. The van der Waals surface area contributed by atoms with Crippen LogP contribution in [-0.4, -0.2) is 27.5 Å². The number of aromatic nitrogens is 2. The van der Waals surface area contributed by atoms with Crippen LogP contribution in [0.3, 0.4) is 0 Å². The Morgan fingerprint density at radius 2 is 2.24 bits per heavy atom. The number of hydrogen-bond donors (Lipinski definition) is 3. The Kier molecular flexibility index (Phi) is 5.10. The normalized spacial score (nSPS) is 16.1. The highest BCUT2D eigenvalue weighted by Crippen LogP contribution is 2.30. The fourth-order valence-corrected chi connectivity index (χ4v) is 3.36. The van der Waals surface area contributed by atoms with Crippen molar-refractivity contribution in [1.29, 1.82) is 0 Å². The number of hydrogen-bond acceptors (Lipinski definition) is 5. The first-order valence-electron chi connectivity index (χ1n) is 7.61. The fourth-order valence-electron chi connectivity index (χ4n) is 2.58. The summed E-state index contributed by atoms with van der Waals surface area (Å²) in [5, 5.41) is 6.14. The van der Waals surface area contributed by atoms with Gasteiger partial charge in [-0.2, -0.15) is 0 Å². The number of rotatable bonds is 4. The van der Waals surface area contributed by atoms with E-state index in [1.54, 1.807) is 24.3 Å². The minimum atomic E-state index is -0.917. The lowest BCUT2D eigenvalue weighted by Gasteiger charge is -2.23. The Hall–Kier alpha value is -2.32. The molecule has 1 unspecified atom stereocenters. The van der Waals surface area contributed by atoms with Gasteiger partial charge in [-0.3, -0.25) is 14.4 Å². The first-order chi connectivity index (χ1) is 12.0. The molecule has 0 fully saturated rings. The van der Waals surface area contributed by atoms with Gasteiger partial charge in [0.2, 0.25) is 11.8 Å². The van der Waals surface area contributed by atoms with Crippen LogP contribution in [0.5, 0.6) is 0 Å². The number of fused-ring (bicyclic) bond motifs is 1. The molecule has 0 radical (unpaired) electrons. The Bertz CT molecular complexity index is 899. The van der Waals surface area contributed by atoms with E-state index >= 15 is 0 Å². The predicted molar refractivity (Wildman–Crippen MR) is 97.3 cm³/mol. The molecule has 1 atom stereocenters. The van der Waals surface area contributed by atoms with Crippen molar-refractivity contribution in [2.75, 3.05) is 16.4 Å². The lowest BCUT2D eigenvalue weighted by atomic mass is 9.92. The number of H-pyrrole nitrogens is 1. The van der Waals surface area contributed by atoms with Gasteiger partial charge in [0.05, 0.1) is 11.5 Å². The highest BCUT2D eigenvalue weighted by atomic mass is 35.5. The molecule has 3 rings (SSSR count). The summed E-state index contributed by atoms with van der Waals surface area (Å²) in [4.78, 5) is 43.9. The molecule has 2 heterocycles. The predicted octanol–water partition coefficient (Wildman–Crippen LogP) is 2.60. The zero-order valence-electron chi connectivity index (χ0n) is 13.3. The van der Waals surface area contributed by atoms with Gasteiger partial charge < -0.3 is 15.6 Å². The number of thioether (sulfide) groups is 1. The molecule has 2 aromatic rings. The molecule has 0 aliphatic carbocycles. The van der Waals surface area contributed by atoms with Crippen molar-refractivity contribution in [1.82, 2.24) is 9.97 Å². The van der Waals surface area contributed by atoms with Gasteiger partial charge in [-0.25, -0.2) is 4.98 Å². The van der Waals surface area contributed by atoms with Gasteiger partial charge in [0, 0.05) is 17.1 Å². The molecule has 1 aromatic heterocycles. The zero-order valence-corrected chi connectivity index (χ0v) is 14.8. The van der Waals surface area contributed by atoms with Crippen molar-refractivity contribution in [3.8, 4) is 0 Å². The molecule has 1 aromatic carbocycles. The van der Waals surface area contributed by atoms with Crippen LogP contribution >= 0.6 is 23.4 Å². The van der Waals surface area contributed by atoms with Crippen molar-refractivity contribution < 1.29 is 9.59 Å². The average molecular weight is 379 g/mol. The quantitative estimate of drug-likeness (QED) is 0.560. The second-order valence-corrected chi connectivity index (χ2v) is 7.06. The molecule has 3 N–H and O–H groups in total. The summed E-state index contributed by atoms with van der Waals surface area (Å²) >= 11 is 7.25. The van der Waals surface area contributed by atoms with Gasteiger partial charge >= 0.3 is 0 Å². The Labute approximate surface area is 152 Å². The maximum atomic E-state index is 12.6. The summed E-state index contributed by atoms with van der Waals surface area (Å²) in [6, 6.07) is 6.65. The third kappa shape index (κ3) is 3.85. The highest BCUT2D eigenvalue weighted by molar-refractivity contribution is 7.99. The van der Waals surface area contributed by atoms with Gasteiger partial charge in [0.15, 0.2) is 5.16 Å². The molecular weight excluding hydrogens is 364 g/mol. The largest absolute Gasteiger partial charge is 0.325 e. The number of aromatic amines is 1. The van der Waals surface area contributed by atoms with Gasteiger partial charge in [-0.15, -0.1) is 0 Å². The third-order valence-electron chi connectivity index (χ3n) is 3.62. The van der Waals surface area contributed by atoms with Crippen LogP contribution in [-0.2, 0) is 9.59 Å². The van der Waals surface area contributed by atoms with Crippen molar-refractivity contribution in [2.24, 2.45) is 0 Å². The first kappa shape index (κ1) is 17.5. The number of nitrogens with zero attached hydrogens (tertiary/aromatic N) is 1. The van der Waals surface area contributed by atoms with E-state index < -0.39 is 17.4 Å². The van der Waals surface area contributed by atoms with E-state index in [0.717, 1.165) is 0 Å². The molecule has 1 aliphatic rings. The minimum Gasteiger partial charge on any atom is -0.325 e. The van der Waals surface area contributed by atoms with Gasteiger partial charge in [0.1, 0.15) is 5.82 Å². The Morgan fingerprint density at radius 1 is 1.44 bits per heavy atom. The van der Waals surface area contributed by atoms with E-state index in [4.69, 9.17) is 11.6 Å². The first-order valence-corrected chi connectivity index (χ1v) is 8.97. The number of carbonyl (C=O) groups excluding carboxylic acids is 2. The maximum absolute atomic E-state index is 12.6. The second kappa shape index (κ2) is 7.28. The molecule has 9 heteroatoms.